The van der Waals surface area contributed by atoms with Gasteiger partial charge < -0.3 is 14.5 Å². The van der Waals surface area contributed by atoms with Gasteiger partial charge in [-0.1, -0.05) is 57.0 Å². The predicted molar refractivity (Wildman–Crippen MR) is 132 cm³/mol. The number of rotatable bonds is 8. The third-order valence-electron chi connectivity index (χ3n) is 6.40. The molecule has 3 rings (SSSR count). The molecular weight excluding hydrogens is 485 g/mol. The first-order valence-corrected chi connectivity index (χ1v) is 14.2. The van der Waals surface area contributed by atoms with Crippen LogP contribution in [0.3, 0.4) is 0 Å². The minimum absolute atomic E-state index is 0. The molecule has 7 nitrogen and oxygen atoms in total. The van der Waals surface area contributed by atoms with Crippen LogP contribution in [0.15, 0.2) is 53.4 Å². The van der Waals surface area contributed by atoms with Crippen molar-refractivity contribution in [3.8, 4) is 5.75 Å². The molecule has 0 spiro atoms. The topological polar surface area (TPSA) is 113 Å². The van der Waals surface area contributed by atoms with Crippen LogP contribution in [0.5, 0.6) is 5.75 Å². The van der Waals surface area contributed by atoms with Gasteiger partial charge in [-0.3, -0.25) is 9.88 Å². The van der Waals surface area contributed by atoms with Crippen LogP contribution in [0, 0.1) is 0 Å². The molecular formula is C23H33ClNO6PS. The number of fused-ring (bicyclic) bond motifs is 1. The van der Waals surface area contributed by atoms with E-state index in [1.54, 1.807) is 12.1 Å². The lowest BCUT2D eigenvalue weighted by Crippen LogP contribution is -2.57. The Morgan fingerprint density at radius 2 is 1.79 bits per heavy atom. The fraction of sp³-hybridized carbons (Fsp3) is 0.478. The third-order valence-corrected chi connectivity index (χ3v) is 9.84. The van der Waals surface area contributed by atoms with Crippen molar-refractivity contribution >= 4 is 29.8 Å². The minimum atomic E-state index is -4.62. The molecule has 0 fully saturated rings. The summed E-state index contributed by atoms with van der Waals surface area (Å²) in [7, 11) is -7.18. The van der Waals surface area contributed by atoms with Gasteiger partial charge in [0.05, 0.1) is 29.5 Å². The molecule has 0 saturated heterocycles. The number of hydrogen-bond acceptors (Lipinski definition) is 5. The van der Waals surface area contributed by atoms with E-state index in [9.17, 15) is 22.8 Å². The van der Waals surface area contributed by atoms with Crippen molar-refractivity contribution in [3.05, 3.63) is 59.7 Å². The first-order valence-electron chi connectivity index (χ1n) is 10.9. The summed E-state index contributed by atoms with van der Waals surface area (Å²) in [4.78, 5) is 19.8. The van der Waals surface area contributed by atoms with Crippen LogP contribution in [0.25, 0.3) is 0 Å². The number of methoxy groups -OCH3 is 1. The molecule has 184 valence electrons. The highest BCUT2D eigenvalue weighted by Gasteiger charge is 2.52. The van der Waals surface area contributed by atoms with E-state index in [1.165, 1.54) is 13.2 Å². The largest absolute Gasteiger partial charge is 0.497 e. The average Bonchev–Trinajstić information content (AvgIpc) is 2.84. The SMILES string of the molecule is CCCC[C@@]1(CC)N[C@H](c2ccccc2)c2cc(OC)ccc2S(=O)(=O)C1CP(=O)(O)O.Cl. The maximum atomic E-state index is 14.0. The monoisotopic (exact) mass is 517 g/mol. The van der Waals surface area contributed by atoms with Gasteiger partial charge in [0.15, 0.2) is 9.84 Å². The molecule has 3 atom stereocenters. The fourth-order valence-electron chi connectivity index (χ4n) is 4.68. The van der Waals surface area contributed by atoms with E-state index in [0.29, 0.717) is 24.2 Å². The van der Waals surface area contributed by atoms with Crippen molar-refractivity contribution in [2.24, 2.45) is 0 Å². The first kappa shape index (κ1) is 27.8. The van der Waals surface area contributed by atoms with Crippen molar-refractivity contribution in [1.29, 1.82) is 0 Å². The highest BCUT2D eigenvalue weighted by Crippen LogP contribution is 2.48. The van der Waals surface area contributed by atoms with E-state index in [-0.39, 0.29) is 17.3 Å². The molecule has 2 aromatic carbocycles. The van der Waals surface area contributed by atoms with Crippen LogP contribution in [0.2, 0.25) is 0 Å². The van der Waals surface area contributed by atoms with E-state index in [0.717, 1.165) is 18.4 Å². The Kier molecular flexibility index (Phi) is 9.19. The summed E-state index contributed by atoms with van der Waals surface area (Å²) in [6.07, 6.45) is 1.73. The van der Waals surface area contributed by atoms with Crippen molar-refractivity contribution in [2.75, 3.05) is 13.3 Å². The fourth-order valence-corrected chi connectivity index (χ4v) is 8.84. The lowest BCUT2D eigenvalue weighted by molar-refractivity contribution is 0.254. The summed E-state index contributed by atoms with van der Waals surface area (Å²) in [6.45, 7) is 3.89. The Bertz CT molecular complexity index is 1090. The lowest BCUT2D eigenvalue weighted by atomic mass is 9.84. The molecule has 0 bridgehead atoms. The zero-order valence-electron chi connectivity index (χ0n) is 19.1. The number of benzene rings is 2. The molecule has 0 radical (unpaired) electrons. The van der Waals surface area contributed by atoms with Gasteiger partial charge in [0.1, 0.15) is 5.75 Å². The van der Waals surface area contributed by atoms with Gasteiger partial charge in [-0.2, -0.15) is 0 Å². The number of sulfone groups is 1. The quantitative estimate of drug-likeness (QED) is 0.443. The number of nitrogens with one attached hydrogen (secondary N) is 1. The second-order valence-corrected chi connectivity index (χ2v) is 12.2. The van der Waals surface area contributed by atoms with Crippen LogP contribution in [0.1, 0.15) is 56.7 Å². The molecule has 1 heterocycles. The Morgan fingerprint density at radius 3 is 2.33 bits per heavy atom. The van der Waals surface area contributed by atoms with E-state index in [2.05, 4.69) is 5.32 Å². The highest BCUT2D eigenvalue weighted by molar-refractivity contribution is 7.92. The van der Waals surface area contributed by atoms with E-state index in [1.807, 2.05) is 44.2 Å². The summed E-state index contributed by atoms with van der Waals surface area (Å²) in [5.74, 6) is 0.519. The molecule has 33 heavy (non-hydrogen) atoms. The number of ether oxygens (including phenoxy) is 1. The predicted octanol–water partition coefficient (Wildman–Crippen LogP) is 4.47. The summed E-state index contributed by atoms with van der Waals surface area (Å²) < 4.78 is 45.5. The third kappa shape index (κ3) is 5.81. The Hall–Kier alpha value is -1.41. The molecule has 1 aliphatic heterocycles. The summed E-state index contributed by atoms with van der Waals surface area (Å²) in [6, 6.07) is 13.8. The van der Waals surface area contributed by atoms with Gasteiger partial charge >= 0.3 is 7.60 Å². The second kappa shape index (κ2) is 10.9. The average molecular weight is 518 g/mol. The number of hydrogen-bond donors (Lipinski definition) is 3. The molecule has 1 unspecified atom stereocenters. The van der Waals surface area contributed by atoms with Crippen molar-refractivity contribution < 1.29 is 27.5 Å². The maximum absolute atomic E-state index is 14.0. The van der Waals surface area contributed by atoms with Crippen LogP contribution in [-0.2, 0) is 14.4 Å². The van der Waals surface area contributed by atoms with Crippen LogP contribution in [-0.4, -0.2) is 42.3 Å². The number of halogens is 1. The van der Waals surface area contributed by atoms with Gasteiger partial charge in [-0.25, -0.2) is 8.42 Å². The summed E-state index contributed by atoms with van der Waals surface area (Å²) in [5.41, 5.74) is 0.393. The van der Waals surface area contributed by atoms with Crippen molar-refractivity contribution in [1.82, 2.24) is 5.32 Å². The normalized spacial score (nSPS) is 24.3. The van der Waals surface area contributed by atoms with Crippen LogP contribution >= 0.6 is 20.0 Å². The smallest absolute Gasteiger partial charge is 0.326 e. The minimum Gasteiger partial charge on any atom is -0.497 e. The molecule has 2 aromatic rings. The van der Waals surface area contributed by atoms with Crippen molar-refractivity contribution in [3.63, 3.8) is 0 Å². The van der Waals surface area contributed by atoms with E-state index < -0.39 is 40.4 Å². The summed E-state index contributed by atoms with van der Waals surface area (Å²) >= 11 is 0. The lowest BCUT2D eigenvalue weighted by Gasteiger charge is -2.41. The molecule has 3 N–H and O–H groups in total. The molecule has 10 heteroatoms. The van der Waals surface area contributed by atoms with Crippen LogP contribution < -0.4 is 10.1 Å². The van der Waals surface area contributed by atoms with Gasteiger partial charge in [0.25, 0.3) is 0 Å². The molecule has 1 aliphatic rings. The van der Waals surface area contributed by atoms with Gasteiger partial charge in [0.2, 0.25) is 0 Å². The molecule has 0 amide bonds. The zero-order chi connectivity index (χ0) is 23.6. The molecule has 0 saturated carbocycles. The standard InChI is InChI=1S/C23H32NO6PS.ClH/c1-4-6-14-23(5-2)21(16-31(25,26)27)32(28,29)20-13-12-18(30-3)15-19(20)22(24-23)17-10-8-7-9-11-17;/h7-13,15,21-22,24H,4-6,14,16H2,1-3H3,(H2,25,26,27);1H/t21?,22-,23-;/m1./s1. The van der Waals surface area contributed by atoms with Crippen LogP contribution in [0.4, 0.5) is 0 Å². The first-order chi connectivity index (χ1) is 15.1. The van der Waals surface area contributed by atoms with Gasteiger partial charge in [-0.05, 0) is 42.2 Å². The summed E-state index contributed by atoms with van der Waals surface area (Å²) in [5, 5.41) is 2.32. The Labute approximate surface area is 202 Å². The zero-order valence-corrected chi connectivity index (χ0v) is 21.6. The van der Waals surface area contributed by atoms with E-state index >= 15 is 0 Å². The van der Waals surface area contributed by atoms with E-state index in [4.69, 9.17) is 4.74 Å². The van der Waals surface area contributed by atoms with Gasteiger partial charge in [-0.15, -0.1) is 12.4 Å². The molecule has 0 aliphatic carbocycles. The number of unbranched alkanes of at least 4 members (excludes halogenated alkanes) is 1. The van der Waals surface area contributed by atoms with Crippen molar-refractivity contribution in [2.45, 2.75) is 61.3 Å². The highest BCUT2D eigenvalue weighted by atomic mass is 35.5. The maximum Gasteiger partial charge on any atom is 0.326 e. The Balaban J connectivity index is 0.00000385. The second-order valence-electron chi connectivity index (χ2n) is 8.39. The Morgan fingerprint density at radius 1 is 1.12 bits per heavy atom. The molecule has 0 aromatic heterocycles. The van der Waals surface area contributed by atoms with Gasteiger partial charge in [0, 0.05) is 5.54 Å².